The van der Waals surface area contributed by atoms with Crippen LogP contribution in [0.2, 0.25) is 0 Å². The summed E-state index contributed by atoms with van der Waals surface area (Å²) in [5, 5.41) is 8.71. The fourth-order valence-electron chi connectivity index (χ4n) is 2.12. The molecular formula is C14H19N3O2. The first-order chi connectivity index (χ1) is 9.20. The molecule has 102 valence electrons. The summed E-state index contributed by atoms with van der Waals surface area (Å²) in [7, 11) is 0. The Kier molecular flexibility index (Phi) is 4.39. The lowest BCUT2D eigenvalue weighted by molar-refractivity contribution is -0.120. The third kappa shape index (κ3) is 3.47. The average molecular weight is 261 g/mol. The number of nitrogens with one attached hydrogen (secondary N) is 3. The van der Waals surface area contributed by atoms with Gasteiger partial charge in [0.25, 0.3) is 5.91 Å². The highest BCUT2D eigenvalue weighted by molar-refractivity contribution is 5.95. The van der Waals surface area contributed by atoms with E-state index in [1.807, 2.05) is 19.1 Å². The van der Waals surface area contributed by atoms with Gasteiger partial charge in [-0.05, 0) is 37.1 Å². The van der Waals surface area contributed by atoms with Crippen molar-refractivity contribution in [2.45, 2.75) is 19.8 Å². The van der Waals surface area contributed by atoms with Crippen LogP contribution in [0.4, 0.5) is 5.69 Å². The molecule has 0 spiro atoms. The fourth-order valence-corrected chi connectivity index (χ4v) is 2.12. The van der Waals surface area contributed by atoms with Gasteiger partial charge in [-0.25, -0.2) is 0 Å². The third-order valence-electron chi connectivity index (χ3n) is 3.09. The molecule has 5 heteroatoms. The van der Waals surface area contributed by atoms with Crippen molar-refractivity contribution in [1.29, 1.82) is 0 Å². The van der Waals surface area contributed by atoms with E-state index in [4.69, 9.17) is 0 Å². The van der Waals surface area contributed by atoms with E-state index in [0.717, 1.165) is 18.7 Å². The molecule has 0 bridgehead atoms. The topological polar surface area (TPSA) is 70.2 Å². The number of amides is 2. The Morgan fingerprint density at radius 2 is 2.16 bits per heavy atom. The molecule has 5 nitrogen and oxygen atoms in total. The molecule has 1 aromatic carbocycles. The van der Waals surface area contributed by atoms with E-state index in [1.165, 1.54) is 5.56 Å². The quantitative estimate of drug-likeness (QED) is 0.738. The first-order valence-corrected chi connectivity index (χ1v) is 6.62. The number of rotatable bonds is 5. The highest BCUT2D eigenvalue weighted by atomic mass is 16.2. The minimum atomic E-state index is -0.126. The summed E-state index contributed by atoms with van der Waals surface area (Å²) < 4.78 is 0. The molecule has 0 saturated heterocycles. The minimum absolute atomic E-state index is 0.0408. The first kappa shape index (κ1) is 13.4. The predicted molar refractivity (Wildman–Crippen MR) is 74.3 cm³/mol. The SMILES string of the molecule is CCNC(=O)CCNC(=O)c1ccc2c(c1)CCN2. The van der Waals surface area contributed by atoms with Crippen LogP contribution >= 0.6 is 0 Å². The van der Waals surface area contributed by atoms with Gasteiger partial charge in [-0.15, -0.1) is 0 Å². The van der Waals surface area contributed by atoms with Crippen LogP contribution in [0, 0.1) is 0 Å². The lowest BCUT2D eigenvalue weighted by Gasteiger charge is -2.07. The van der Waals surface area contributed by atoms with Crippen LogP contribution in [0.5, 0.6) is 0 Å². The molecule has 19 heavy (non-hydrogen) atoms. The van der Waals surface area contributed by atoms with Crippen molar-refractivity contribution < 1.29 is 9.59 Å². The van der Waals surface area contributed by atoms with Crippen molar-refractivity contribution in [1.82, 2.24) is 10.6 Å². The van der Waals surface area contributed by atoms with Crippen LogP contribution in [-0.4, -0.2) is 31.4 Å². The van der Waals surface area contributed by atoms with Crippen molar-refractivity contribution in [2.75, 3.05) is 25.0 Å². The number of hydrogen-bond acceptors (Lipinski definition) is 3. The summed E-state index contributed by atoms with van der Waals surface area (Å²) in [4.78, 5) is 23.2. The van der Waals surface area contributed by atoms with Gasteiger partial charge in [0.05, 0.1) is 0 Å². The van der Waals surface area contributed by atoms with Crippen LogP contribution in [0.25, 0.3) is 0 Å². The highest BCUT2D eigenvalue weighted by Gasteiger charge is 2.13. The first-order valence-electron chi connectivity index (χ1n) is 6.62. The van der Waals surface area contributed by atoms with E-state index in [0.29, 0.717) is 25.1 Å². The van der Waals surface area contributed by atoms with E-state index in [9.17, 15) is 9.59 Å². The van der Waals surface area contributed by atoms with Crippen LogP contribution in [-0.2, 0) is 11.2 Å². The standard InChI is InChI=1S/C14H19N3O2/c1-2-15-13(18)6-8-17-14(19)11-3-4-12-10(9-11)5-7-16-12/h3-4,9,16H,2,5-8H2,1H3,(H,15,18)(H,17,19). The van der Waals surface area contributed by atoms with Gasteiger partial charge >= 0.3 is 0 Å². The zero-order valence-electron chi connectivity index (χ0n) is 11.1. The maximum Gasteiger partial charge on any atom is 0.251 e. The molecule has 0 unspecified atom stereocenters. The number of anilines is 1. The normalized spacial score (nSPS) is 12.5. The molecule has 0 aliphatic carbocycles. The van der Waals surface area contributed by atoms with Gasteiger partial charge in [0.1, 0.15) is 0 Å². The third-order valence-corrected chi connectivity index (χ3v) is 3.09. The molecule has 1 aliphatic heterocycles. The number of hydrogen-bond donors (Lipinski definition) is 3. The van der Waals surface area contributed by atoms with Crippen molar-refractivity contribution in [3.63, 3.8) is 0 Å². The molecule has 0 radical (unpaired) electrons. The van der Waals surface area contributed by atoms with E-state index in [1.54, 1.807) is 6.07 Å². The molecule has 0 fully saturated rings. The van der Waals surface area contributed by atoms with Gasteiger partial charge in [0.15, 0.2) is 0 Å². The Hall–Kier alpha value is -2.04. The average Bonchev–Trinajstić information content (AvgIpc) is 2.86. The minimum Gasteiger partial charge on any atom is -0.384 e. The second-order valence-corrected chi connectivity index (χ2v) is 4.51. The van der Waals surface area contributed by atoms with Crippen LogP contribution in [0.1, 0.15) is 29.3 Å². The van der Waals surface area contributed by atoms with E-state index in [-0.39, 0.29) is 11.8 Å². The molecule has 0 aromatic heterocycles. The van der Waals surface area contributed by atoms with Gasteiger partial charge in [0.2, 0.25) is 5.91 Å². The zero-order valence-corrected chi connectivity index (χ0v) is 11.1. The number of carbonyl (C=O) groups is 2. The van der Waals surface area contributed by atoms with Gasteiger partial charge in [0, 0.05) is 37.3 Å². The zero-order chi connectivity index (χ0) is 13.7. The number of fused-ring (bicyclic) bond motifs is 1. The summed E-state index contributed by atoms with van der Waals surface area (Å²) in [6.45, 7) is 3.78. The fraction of sp³-hybridized carbons (Fsp3) is 0.429. The molecule has 1 heterocycles. The summed E-state index contributed by atoms with van der Waals surface area (Å²) in [5.74, 6) is -0.167. The second-order valence-electron chi connectivity index (χ2n) is 4.51. The second kappa shape index (κ2) is 6.22. The highest BCUT2D eigenvalue weighted by Crippen LogP contribution is 2.22. The Balaban J connectivity index is 1.85. The molecule has 3 N–H and O–H groups in total. The summed E-state index contributed by atoms with van der Waals surface area (Å²) in [6.07, 6.45) is 1.27. The van der Waals surface area contributed by atoms with Crippen molar-refractivity contribution in [3.05, 3.63) is 29.3 Å². The van der Waals surface area contributed by atoms with Gasteiger partial charge in [-0.1, -0.05) is 0 Å². The van der Waals surface area contributed by atoms with Crippen LogP contribution in [0.3, 0.4) is 0 Å². The maximum absolute atomic E-state index is 11.9. The van der Waals surface area contributed by atoms with E-state index in [2.05, 4.69) is 16.0 Å². The monoisotopic (exact) mass is 261 g/mol. The lowest BCUT2D eigenvalue weighted by Crippen LogP contribution is -2.30. The van der Waals surface area contributed by atoms with Gasteiger partial charge in [-0.3, -0.25) is 9.59 Å². The lowest BCUT2D eigenvalue weighted by atomic mass is 10.1. The van der Waals surface area contributed by atoms with Crippen LogP contribution < -0.4 is 16.0 Å². The van der Waals surface area contributed by atoms with Crippen molar-refractivity contribution in [3.8, 4) is 0 Å². The van der Waals surface area contributed by atoms with E-state index < -0.39 is 0 Å². The smallest absolute Gasteiger partial charge is 0.251 e. The maximum atomic E-state index is 11.9. The summed E-state index contributed by atoms with van der Waals surface area (Å²) in [6, 6.07) is 5.65. The molecule has 2 amide bonds. The summed E-state index contributed by atoms with van der Waals surface area (Å²) >= 11 is 0. The Morgan fingerprint density at radius 1 is 1.32 bits per heavy atom. The Labute approximate surface area is 112 Å². The number of benzene rings is 1. The largest absolute Gasteiger partial charge is 0.384 e. The Morgan fingerprint density at radius 3 is 2.95 bits per heavy atom. The predicted octanol–water partition coefficient (Wildman–Crippen LogP) is 0.911. The van der Waals surface area contributed by atoms with Crippen molar-refractivity contribution in [2.24, 2.45) is 0 Å². The van der Waals surface area contributed by atoms with E-state index >= 15 is 0 Å². The Bertz CT molecular complexity index is 486. The molecule has 1 aromatic rings. The molecular weight excluding hydrogens is 242 g/mol. The van der Waals surface area contributed by atoms with Crippen LogP contribution in [0.15, 0.2) is 18.2 Å². The molecule has 1 aliphatic rings. The van der Waals surface area contributed by atoms with Gasteiger partial charge < -0.3 is 16.0 Å². The van der Waals surface area contributed by atoms with Gasteiger partial charge in [-0.2, -0.15) is 0 Å². The molecule has 0 atom stereocenters. The van der Waals surface area contributed by atoms with Crippen molar-refractivity contribution >= 4 is 17.5 Å². The molecule has 0 saturated carbocycles. The number of carbonyl (C=O) groups excluding carboxylic acids is 2. The molecule has 2 rings (SSSR count). The summed E-state index contributed by atoms with van der Waals surface area (Å²) in [5.41, 5.74) is 2.94.